The highest BCUT2D eigenvalue weighted by molar-refractivity contribution is 5.78. The maximum absolute atomic E-state index is 11.4. The summed E-state index contributed by atoms with van der Waals surface area (Å²) in [7, 11) is 1.29. The Balaban J connectivity index is 2.55. The first kappa shape index (κ1) is 14.4. The van der Waals surface area contributed by atoms with Gasteiger partial charge in [0.2, 0.25) is 0 Å². The second-order valence-corrected chi connectivity index (χ2v) is 5.26. The zero-order valence-corrected chi connectivity index (χ0v) is 11.0. The maximum Gasteiger partial charge on any atom is 0.338 e. The minimum atomic E-state index is -1.44. The highest BCUT2D eigenvalue weighted by Gasteiger charge is 2.36. The van der Waals surface area contributed by atoms with E-state index in [1.807, 2.05) is 0 Å². The Morgan fingerprint density at radius 3 is 2.82 bits per heavy atom. The third-order valence-electron chi connectivity index (χ3n) is 3.66. The molecule has 0 spiro atoms. The molecular formula is C12H24N2O3. The van der Waals surface area contributed by atoms with Crippen molar-refractivity contribution in [2.75, 3.05) is 33.3 Å². The van der Waals surface area contributed by atoms with E-state index in [1.54, 1.807) is 0 Å². The lowest BCUT2D eigenvalue weighted by atomic mass is 9.86. The van der Waals surface area contributed by atoms with Gasteiger partial charge in [-0.3, -0.25) is 4.90 Å². The maximum atomic E-state index is 11.4. The number of nitrogens with zero attached hydrogens (tertiary/aromatic N) is 1. The first-order valence-corrected chi connectivity index (χ1v) is 6.14. The van der Waals surface area contributed by atoms with Crippen LogP contribution >= 0.6 is 0 Å². The number of methoxy groups -OCH3 is 1. The third-order valence-corrected chi connectivity index (χ3v) is 3.66. The number of aliphatic hydroxyl groups is 1. The molecule has 17 heavy (non-hydrogen) atoms. The standard InChI is InChI=1S/C12H24N2O3/c1-9-4-5-14(7-10(9)6-13)8-12(2,16)11(15)17-3/h9-10,16H,4-8,13H2,1-3H3. The van der Waals surface area contributed by atoms with Gasteiger partial charge in [-0.2, -0.15) is 0 Å². The van der Waals surface area contributed by atoms with Crippen LogP contribution in [0.4, 0.5) is 0 Å². The van der Waals surface area contributed by atoms with Gasteiger partial charge in [0.05, 0.1) is 7.11 Å². The summed E-state index contributed by atoms with van der Waals surface area (Å²) in [5.41, 5.74) is 4.29. The third kappa shape index (κ3) is 3.66. The molecule has 0 radical (unpaired) electrons. The Kier molecular flexibility index (Phi) is 4.91. The van der Waals surface area contributed by atoms with Crippen LogP contribution in [-0.2, 0) is 9.53 Å². The zero-order chi connectivity index (χ0) is 13.1. The van der Waals surface area contributed by atoms with Crippen molar-refractivity contribution in [2.24, 2.45) is 17.6 Å². The Bertz CT molecular complexity index is 268. The average molecular weight is 244 g/mol. The fourth-order valence-corrected chi connectivity index (χ4v) is 2.40. The summed E-state index contributed by atoms with van der Waals surface area (Å²) >= 11 is 0. The number of esters is 1. The normalized spacial score (nSPS) is 29.7. The van der Waals surface area contributed by atoms with E-state index >= 15 is 0 Å². The van der Waals surface area contributed by atoms with Gasteiger partial charge in [-0.05, 0) is 38.3 Å². The number of hydrogen-bond acceptors (Lipinski definition) is 5. The number of hydrogen-bond donors (Lipinski definition) is 2. The van der Waals surface area contributed by atoms with E-state index in [9.17, 15) is 9.90 Å². The van der Waals surface area contributed by atoms with Gasteiger partial charge < -0.3 is 15.6 Å². The topological polar surface area (TPSA) is 75.8 Å². The summed E-state index contributed by atoms with van der Waals surface area (Å²) in [5, 5.41) is 10.0. The van der Waals surface area contributed by atoms with Crippen molar-refractivity contribution in [1.29, 1.82) is 0 Å². The molecule has 0 bridgehead atoms. The first-order valence-electron chi connectivity index (χ1n) is 6.14. The van der Waals surface area contributed by atoms with Crippen molar-refractivity contribution in [2.45, 2.75) is 25.9 Å². The second-order valence-electron chi connectivity index (χ2n) is 5.26. The molecular weight excluding hydrogens is 220 g/mol. The number of β-amino-alcohol motifs (C(OH)–C–C–N with tert-alkyl or cyclic N) is 1. The van der Waals surface area contributed by atoms with Crippen LogP contribution in [0.3, 0.4) is 0 Å². The lowest BCUT2D eigenvalue weighted by Crippen LogP contribution is -2.52. The van der Waals surface area contributed by atoms with E-state index in [2.05, 4.69) is 16.6 Å². The Hall–Kier alpha value is -0.650. The fraction of sp³-hybridized carbons (Fsp3) is 0.917. The molecule has 0 aromatic heterocycles. The van der Waals surface area contributed by atoms with E-state index in [0.717, 1.165) is 19.5 Å². The molecule has 1 aliphatic heterocycles. The van der Waals surface area contributed by atoms with Crippen molar-refractivity contribution >= 4 is 5.97 Å². The Morgan fingerprint density at radius 1 is 1.65 bits per heavy atom. The molecule has 0 saturated carbocycles. The van der Waals surface area contributed by atoms with Crippen LogP contribution in [-0.4, -0.2) is 54.9 Å². The number of likely N-dealkylation sites (tertiary alicyclic amines) is 1. The van der Waals surface area contributed by atoms with Crippen molar-refractivity contribution in [3.63, 3.8) is 0 Å². The molecule has 1 aliphatic rings. The Labute approximate surface area is 103 Å². The number of rotatable bonds is 4. The molecule has 3 unspecified atom stereocenters. The van der Waals surface area contributed by atoms with Crippen LogP contribution in [0.1, 0.15) is 20.3 Å². The summed E-state index contributed by atoms with van der Waals surface area (Å²) in [5.74, 6) is 0.469. The van der Waals surface area contributed by atoms with Gasteiger partial charge in [0, 0.05) is 13.1 Å². The van der Waals surface area contributed by atoms with Crippen LogP contribution in [0.2, 0.25) is 0 Å². The van der Waals surface area contributed by atoms with E-state index in [-0.39, 0.29) is 0 Å². The first-order chi connectivity index (χ1) is 7.90. The smallest absolute Gasteiger partial charge is 0.338 e. The van der Waals surface area contributed by atoms with Crippen LogP contribution in [0.15, 0.2) is 0 Å². The van der Waals surface area contributed by atoms with Gasteiger partial charge in [0.25, 0.3) is 0 Å². The predicted octanol–water partition coefficient (Wildman–Crippen LogP) is -0.173. The molecule has 1 fully saturated rings. The summed E-state index contributed by atoms with van der Waals surface area (Å²) in [6, 6.07) is 0. The Morgan fingerprint density at radius 2 is 2.29 bits per heavy atom. The van der Waals surface area contributed by atoms with E-state index in [4.69, 9.17) is 5.73 Å². The summed E-state index contributed by atoms with van der Waals surface area (Å²) in [6.07, 6.45) is 1.05. The van der Waals surface area contributed by atoms with E-state index < -0.39 is 11.6 Å². The monoisotopic (exact) mass is 244 g/mol. The van der Waals surface area contributed by atoms with Gasteiger partial charge in [-0.15, -0.1) is 0 Å². The molecule has 3 N–H and O–H groups in total. The highest BCUT2D eigenvalue weighted by atomic mass is 16.5. The molecule has 0 amide bonds. The molecule has 1 heterocycles. The van der Waals surface area contributed by atoms with Crippen LogP contribution in [0, 0.1) is 11.8 Å². The van der Waals surface area contributed by atoms with Crippen molar-refractivity contribution in [1.82, 2.24) is 4.90 Å². The molecule has 3 atom stereocenters. The predicted molar refractivity (Wildman–Crippen MR) is 65.4 cm³/mol. The van der Waals surface area contributed by atoms with Gasteiger partial charge in [-0.1, -0.05) is 6.92 Å². The van der Waals surface area contributed by atoms with Gasteiger partial charge in [0.15, 0.2) is 5.60 Å². The second kappa shape index (κ2) is 5.80. The summed E-state index contributed by atoms with van der Waals surface area (Å²) in [6.45, 7) is 6.39. The van der Waals surface area contributed by atoms with Gasteiger partial charge in [-0.25, -0.2) is 4.79 Å². The minimum Gasteiger partial charge on any atom is -0.467 e. The molecule has 100 valence electrons. The van der Waals surface area contributed by atoms with Crippen LogP contribution in [0.25, 0.3) is 0 Å². The molecule has 0 aromatic carbocycles. The molecule has 1 saturated heterocycles. The van der Waals surface area contributed by atoms with E-state index in [0.29, 0.717) is 24.9 Å². The molecule has 5 nitrogen and oxygen atoms in total. The number of ether oxygens (including phenoxy) is 1. The quantitative estimate of drug-likeness (QED) is 0.671. The minimum absolute atomic E-state index is 0.308. The van der Waals surface area contributed by atoms with Gasteiger partial charge >= 0.3 is 5.97 Å². The lowest BCUT2D eigenvalue weighted by molar-refractivity contribution is -0.162. The highest BCUT2D eigenvalue weighted by Crippen LogP contribution is 2.23. The number of carbonyl (C=O) groups excluding carboxylic acids is 1. The van der Waals surface area contributed by atoms with Crippen molar-refractivity contribution < 1.29 is 14.6 Å². The number of carbonyl (C=O) groups is 1. The van der Waals surface area contributed by atoms with Crippen molar-refractivity contribution in [3.8, 4) is 0 Å². The van der Waals surface area contributed by atoms with Gasteiger partial charge in [0.1, 0.15) is 0 Å². The molecule has 1 rings (SSSR count). The van der Waals surface area contributed by atoms with Crippen molar-refractivity contribution in [3.05, 3.63) is 0 Å². The molecule has 5 heteroatoms. The van der Waals surface area contributed by atoms with E-state index in [1.165, 1.54) is 14.0 Å². The van der Waals surface area contributed by atoms with Crippen LogP contribution in [0.5, 0.6) is 0 Å². The largest absolute Gasteiger partial charge is 0.467 e. The summed E-state index contributed by atoms with van der Waals surface area (Å²) in [4.78, 5) is 13.5. The lowest BCUT2D eigenvalue weighted by Gasteiger charge is -2.39. The molecule has 0 aromatic rings. The number of piperidine rings is 1. The van der Waals surface area contributed by atoms with Crippen LogP contribution < -0.4 is 5.73 Å². The molecule has 0 aliphatic carbocycles. The average Bonchev–Trinajstić information content (AvgIpc) is 2.30. The summed E-state index contributed by atoms with van der Waals surface area (Å²) < 4.78 is 4.59. The SMILES string of the molecule is COC(=O)C(C)(O)CN1CCC(C)C(CN)C1. The fourth-order valence-electron chi connectivity index (χ4n) is 2.40. The number of nitrogens with two attached hydrogens (primary N) is 1. The zero-order valence-electron chi connectivity index (χ0n) is 11.0.